The first-order valence-corrected chi connectivity index (χ1v) is 8.47. The Morgan fingerprint density at radius 3 is 3.05 bits per heavy atom. The van der Waals surface area contributed by atoms with Crippen molar-refractivity contribution in [3.63, 3.8) is 0 Å². The van der Waals surface area contributed by atoms with Crippen LogP contribution in [0.25, 0.3) is 0 Å². The molecule has 2 atom stereocenters. The van der Waals surface area contributed by atoms with Gasteiger partial charge in [-0.05, 0) is 43.0 Å². The smallest absolute Gasteiger partial charge is 0.127 e. The van der Waals surface area contributed by atoms with E-state index < -0.39 is 0 Å². The number of nitrogens with zero attached hydrogens (tertiary/aromatic N) is 1. The molecule has 116 valence electrons. The van der Waals surface area contributed by atoms with Crippen molar-refractivity contribution < 1.29 is 4.74 Å². The maximum Gasteiger partial charge on any atom is 0.127 e. The number of nitrogens with two attached hydrogens (primary N) is 1. The molecule has 2 aliphatic heterocycles. The van der Waals surface area contributed by atoms with Crippen LogP contribution in [0, 0.1) is 5.92 Å². The number of rotatable bonds is 4. The fourth-order valence-corrected chi connectivity index (χ4v) is 3.95. The lowest BCUT2D eigenvalue weighted by molar-refractivity contribution is 0.106. The monoisotopic (exact) mass is 308 g/mol. The zero-order valence-electron chi connectivity index (χ0n) is 12.8. The van der Waals surface area contributed by atoms with Crippen molar-refractivity contribution in [1.82, 2.24) is 4.90 Å². The third-order valence-corrected chi connectivity index (χ3v) is 5.21. The Morgan fingerprint density at radius 1 is 1.43 bits per heavy atom. The van der Waals surface area contributed by atoms with Gasteiger partial charge in [0, 0.05) is 36.1 Å². The largest absolute Gasteiger partial charge is 0.493 e. The molecule has 21 heavy (non-hydrogen) atoms. The molecule has 1 fully saturated rings. The van der Waals surface area contributed by atoms with Gasteiger partial charge in [-0.25, -0.2) is 0 Å². The average molecular weight is 309 g/mol. The second-order valence-electron chi connectivity index (χ2n) is 6.31. The summed E-state index contributed by atoms with van der Waals surface area (Å²) >= 11 is 6.26. The molecule has 3 rings (SSSR count). The molecule has 1 aromatic rings. The maximum atomic E-state index is 6.26. The number of benzene rings is 1. The van der Waals surface area contributed by atoms with Gasteiger partial charge in [0.2, 0.25) is 0 Å². The van der Waals surface area contributed by atoms with Crippen LogP contribution in [0.1, 0.15) is 37.3 Å². The third kappa shape index (κ3) is 3.20. The molecule has 2 N–H and O–H groups in total. The molecule has 2 unspecified atom stereocenters. The summed E-state index contributed by atoms with van der Waals surface area (Å²) in [6, 6.07) is 4.59. The highest BCUT2D eigenvalue weighted by atomic mass is 35.5. The van der Waals surface area contributed by atoms with E-state index in [9.17, 15) is 0 Å². The SMILES string of the molecule is CCC1CCN(Cc2cc(Cl)cc3c2OCC3)C(CN)C1. The molecule has 0 spiro atoms. The van der Waals surface area contributed by atoms with E-state index in [1.807, 2.05) is 6.07 Å². The molecule has 0 saturated carbocycles. The summed E-state index contributed by atoms with van der Waals surface area (Å²) in [5.41, 5.74) is 8.49. The van der Waals surface area contributed by atoms with E-state index in [1.54, 1.807) is 0 Å². The molecule has 0 radical (unpaired) electrons. The molecule has 1 aromatic carbocycles. The third-order valence-electron chi connectivity index (χ3n) is 4.99. The Labute approximate surface area is 132 Å². The van der Waals surface area contributed by atoms with Crippen molar-refractivity contribution in [2.75, 3.05) is 19.7 Å². The Bertz CT molecular complexity index is 506. The second kappa shape index (κ2) is 6.55. The lowest BCUT2D eigenvalue weighted by Crippen LogP contribution is -2.46. The average Bonchev–Trinajstić information content (AvgIpc) is 2.96. The minimum absolute atomic E-state index is 0.486. The standard InChI is InChI=1S/C17H25ClN2O/c1-2-12-3-5-20(16(7-12)10-19)11-14-9-15(18)8-13-4-6-21-17(13)14/h8-9,12,16H,2-7,10-11,19H2,1H3. The molecule has 2 heterocycles. The fourth-order valence-electron chi connectivity index (χ4n) is 3.69. The summed E-state index contributed by atoms with van der Waals surface area (Å²) in [6.45, 7) is 5.83. The highest BCUT2D eigenvalue weighted by Crippen LogP contribution is 2.35. The van der Waals surface area contributed by atoms with E-state index in [1.165, 1.54) is 30.4 Å². The molecule has 1 saturated heterocycles. The van der Waals surface area contributed by atoms with E-state index in [4.69, 9.17) is 22.1 Å². The summed E-state index contributed by atoms with van der Waals surface area (Å²) in [5, 5.41) is 0.821. The van der Waals surface area contributed by atoms with Gasteiger partial charge in [0.1, 0.15) is 5.75 Å². The number of fused-ring (bicyclic) bond motifs is 1. The predicted molar refractivity (Wildman–Crippen MR) is 86.9 cm³/mol. The van der Waals surface area contributed by atoms with Crippen molar-refractivity contribution in [3.05, 3.63) is 28.3 Å². The highest BCUT2D eigenvalue weighted by Gasteiger charge is 2.28. The highest BCUT2D eigenvalue weighted by molar-refractivity contribution is 6.30. The summed E-state index contributed by atoms with van der Waals surface area (Å²) in [5.74, 6) is 1.89. The van der Waals surface area contributed by atoms with Crippen LogP contribution in [0.2, 0.25) is 5.02 Å². The summed E-state index contributed by atoms with van der Waals surface area (Å²) in [4.78, 5) is 2.51. The van der Waals surface area contributed by atoms with Crippen LogP contribution in [-0.4, -0.2) is 30.6 Å². The van der Waals surface area contributed by atoms with Crippen LogP contribution in [0.5, 0.6) is 5.75 Å². The van der Waals surface area contributed by atoms with E-state index in [-0.39, 0.29) is 0 Å². The molecular formula is C17H25ClN2O. The zero-order valence-corrected chi connectivity index (χ0v) is 13.5. The fraction of sp³-hybridized carbons (Fsp3) is 0.647. The quantitative estimate of drug-likeness (QED) is 0.928. The molecule has 0 amide bonds. The van der Waals surface area contributed by atoms with E-state index in [0.29, 0.717) is 6.04 Å². The normalized spacial score (nSPS) is 25.7. The van der Waals surface area contributed by atoms with Crippen molar-refractivity contribution in [2.45, 2.75) is 45.2 Å². The van der Waals surface area contributed by atoms with Gasteiger partial charge in [-0.3, -0.25) is 4.90 Å². The summed E-state index contributed by atoms with van der Waals surface area (Å²) in [7, 11) is 0. The molecule has 3 nitrogen and oxygen atoms in total. The van der Waals surface area contributed by atoms with E-state index >= 15 is 0 Å². The van der Waals surface area contributed by atoms with Gasteiger partial charge in [-0.15, -0.1) is 0 Å². The minimum Gasteiger partial charge on any atom is -0.493 e. The van der Waals surface area contributed by atoms with Gasteiger partial charge in [0.25, 0.3) is 0 Å². The Balaban J connectivity index is 1.77. The zero-order chi connectivity index (χ0) is 14.8. The molecule has 0 bridgehead atoms. The lowest BCUT2D eigenvalue weighted by Gasteiger charge is -2.39. The predicted octanol–water partition coefficient (Wildman–Crippen LogP) is 3.22. The minimum atomic E-state index is 0.486. The molecular weight excluding hydrogens is 284 g/mol. The van der Waals surface area contributed by atoms with Crippen molar-refractivity contribution in [2.24, 2.45) is 11.7 Å². The lowest BCUT2D eigenvalue weighted by atomic mass is 9.88. The van der Waals surface area contributed by atoms with Crippen LogP contribution < -0.4 is 10.5 Å². The first-order chi connectivity index (χ1) is 10.2. The number of piperidine rings is 1. The molecule has 0 aliphatic carbocycles. The maximum absolute atomic E-state index is 6.26. The Hall–Kier alpha value is -0.770. The number of likely N-dealkylation sites (tertiary alicyclic amines) is 1. The van der Waals surface area contributed by atoms with E-state index in [0.717, 1.165) is 49.4 Å². The van der Waals surface area contributed by atoms with Crippen molar-refractivity contribution in [1.29, 1.82) is 0 Å². The van der Waals surface area contributed by atoms with Crippen LogP contribution >= 0.6 is 11.6 Å². The van der Waals surface area contributed by atoms with Crippen LogP contribution in [0.4, 0.5) is 0 Å². The molecule has 0 aromatic heterocycles. The number of hydrogen-bond acceptors (Lipinski definition) is 3. The molecule has 4 heteroatoms. The van der Waals surface area contributed by atoms with Crippen LogP contribution in [0.15, 0.2) is 12.1 Å². The van der Waals surface area contributed by atoms with E-state index in [2.05, 4.69) is 17.9 Å². The number of halogens is 1. The molecule has 2 aliphatic rings. The summed E-state index contributed by atoms with van der Waals surface area (Å²) in [6.07, 6.45) is 4.73. The Kier molecular flexibility index (Phi) is 4.72. The van der Waals surface area contributed by atoms with Crippen LogP contribution in [0.3, 0.4) is 0 Å². The first kappa shape index (κ1) is 15.1. The Morgan fingerprint density at radius 2 is 2.29 bits per heavy atom. The topological polar surface area (TPSA) is 38.5 Å². The van der Waals surface area contributed by atoms with Gasteiger partial charge in [0.15, 0.2) is 0 Å². The van der Waals surface area contributed by atoms with Gasteiger partial charge in [-0.2, -0.15) is 0 Å². The summed E-state index contributed by atoms with van der Waals surface area (Å²) < 4.78 is 5.82. The van der Waals surface area contributed by atoms with Crippen molar-refractivity contribution in [3.8, 4) is 5.75 Å². The first-order valence-electron chi connectivity index (χ1n) is 8.09. The van der Waals surface area contributed by atoms with Gasteiger partial charge < -0.3 is 10.5 Å². The number of ether oxygens (including phenoxy) is 1. The van der Waals surface area contributed by atoms with Gasteiger partial charge in [0.05, 0.1) is 6.61 Å². The second-order valence-corrected chi connectivity index (χ2v) is 6.75. The van der Waals surface area contributed by atoms with Gasteiger partial charge >= 0.3 is 0 Å². The van der Waals surface area contributed by atoms with Gasteiger partial charge in [-0.1, -0.05) is 24.9 Å². The van der Waals surface area contributed by atoms with Crippen molar-refractivity contribution >= 4 is 11.6 Å². The number of hydrogen-bond donors (Lipinski definition) is 1. The van der Waals surface area contributed by atoms with Crippen LogP contribution in [-0.2, 0) is 13.0 Å².